The average molecular weight is 347 g/mol. The first-order valence-corrected chi connectivity index (χ1v) is 7.13. The van der Waals surface area contributed by atoms with Gasteiger partial charge in [-0.25, -0.2) is 4.39 Å². The predicted molar refractivity (Wildman–Crippen MR) is 77.7 cm³/mol. The van der Waals surface area contributed by atoms with Gasteiger partial charge in [-0.05, 0) is 40.5 Å². The van der Waals surface area contributed by atoms with Crippen molar-refractivity contribution in [2.75, 3.05) is 0 Å². The van der Waals surface area contributed by atoms with Crippen LogP contribution in [-0.4, -0.2) is 9.78 Å². The van der Waals surface area contributed by atoms with Gasteiger partial charge in [0.1, 0.15) is 5.82 Å². The third kappa shape index (κ3) is 2.99. The van der Waals surface area contributed by atoms with Crippen molar-refractivity contribution in [3.8, 4) is 0 Å². The van der Waals surface area contributed by atoms with Crippen LogP contribution in [0.3, 0.4) is 0 Å². The molecule has 0 saturated heterocycles. The second-order valence-electron chi connectivity index (χ2n) is 4.24. The van der Waals surface area contributed by atoms with Crippen LogP contribution in [0, 0.1) is 5.82 Å². The van der Waals surface area contributed by atoms with Crippen molar-refractivity contribution in [3.63, 3.8) is 0 Å². The molecule has 2 N–H and O–H groups in total. The summed E-state index contributed by atoms with van der Waals surface area (Å²) >= 11 is 9.32. The van der Waals surface area contributed by atoms with Gasteiger partial charge in [0.05, 0.1) is 22.4 Å². The zero-order valence-electron chi connectivity index (χ0n) is 10.4. The topological polar surface area (TPSA) is 43.8 Å². The van der Waals surface area contributed by atoms with Crippen LogP contribution in [0.5, 0.6) is 0 Å². The van der Waals surface area contributed by atoms with Crippen molar-refractivity contribution in [2.24, 2.45) is 5.73 Å². The van der Waals surface area contributed by atoms with E-state index in [-0.39, 0.29) is 5.82 Å². The fourth-order valence-electron chi connectivity index (χ4n) is 1.97. The lowest BCUT2D eigenvalue weighted by atomic mass is 10.0. The largest absolute Gasteiger partial charge is 0.319 e. The van der Waals surface area contributed by atoms with E-state index < -0.39 is 6.04 Å². The molecule has 3 nitrogen and oxygen atoms in total. The molecular formula is C13H14BrClFN3. The van der Waals surface area contributed by atoms with Crippen LogP contribution in [0.1, 0.15) is 30.6 Å². The van der Waals surface area contributed by atoms with Gasteiger partial charge >= 0.3 is 0 Å². The number of nitrogens with two attached hydrogens (primary N) is 1. The zero-order chi connectivity index (χ0) is 14.0. The molecule has 102 valence electrons. The summed E-state index contributed by atoms with van der Waals surface area (Å²) in [6, 6.07) is 3.77. The van der Waals surface area contributed by atoms with Gasteiger partial charge in [0.25, 0.3) is 0 Å². The Morgan fingerprint density at radius 1 is 1.53 bits per heavy atom. The van der Waals surface area contributed by atoms with Gasteiger partial charge in [0.2, 0.25) is 0 Å². The van der Waals surface area contributed by atoms with E-state index in [4.69, 9.17) is 17.3 Å². The molecule has 0 aliphatic rings. The molecule has 0 amide bonds. The molecule has 19 heavy (non-hydrogen) atoms. The minimum Gasteiger partial charge on any atom is -0.319 e. The fraction of sp³-hybridized carbons (Fsp3) is 0.308. The Kier molecular flexibility index (Phi) is 4.60. The van der Waals surface area contributed by atoms with E-state index in [2.05, 4.69) is 21.0 Å². The first kappa shape index (κ1) is 14.5. The average Bonchev–Trinajstić information content (AvgIpc) is 2.73. The summed E-state index contributed by atoms with van der Waals surface area (Å²) in [6.45, 7) is 2.78. The molecule has 0 aliphatic carbocycles. The molecule has 6 heteroatoms. The third-order valence-corrected chi connectivity index (χ3v) is 3.70. The third-order valence-electron chi connectivity index (χ3n) is 2.86. The molecule has 2 aromatic rings. The summed E-state index contributed by atoms with van der Waals surface area (Å²) in [4.78, 5) is 0. The number of benzene rings is 1. The molecule has 1 unspecified atom stereocenters. The van der Waals surface area contributed by atoms with Crippen molar-refractivity contribution in [1.82, 2.24) is 9.78 Å². The summed E-state index contributed by atoms with van der Waals surface area (Å²) < 4.78 is 16.4. The van der Waals surface area contributed by atoms with Crippen molar-refractivity contribution in [1.29, 1.82) is 0 Å². The first-order valence-electron chi connectivity index (χ1n) is 5.96. The SMILES string of the molecule is CCCn1ncc(Br)c1C(N)c1cc(Cl)ccc1F. The summed E-state index contributed by atoms with van der Waals surface area (Å²) in [5.41, 5.74) is 7.29. The normalized spacial score (nSPS) is 12.7. The molecule has 1 aromatic carbocycles. The highest BCUT2D eigenvalue weighted by atomic mass is 79.9. The van der Waals surface area contributed by atoms with Gasteiger partial charge in [-0.3, -0.25) is 4.68 Å². The molecule has 2 rings (SSSR count). The second-order valence-corrected chi connectivity index (χ2v) is 5.54. The lowest BCUT2D eigenvalue weighted by Crippen LogP contribution is -2.19. The minimum atomic E-state index is -0.609. The number of rotatable bonds is 4. The summed E-state index contributed by atoms with van der Waals surface area (Å²) in [5.74, 6) is -0.368. The minimum absolute atomic E-state index is 0.367. The van der Waals surface area contributed by atoms with Gasteiger partial charge in [0.15, 0.2) is 0 Å². The maximum absolute atomic E-state index is 13.9. The maximum Gasteiger partial charge on any atom is 0.128 e. The number of hydrogen-bond acceptors (Lipinski definition) is 2. The Labute approximate surface area is 124 Å². The van der Waals surface area contributed by atoms with Crippen molar-refractivity contribution in [3.05, 3.63) is 51.0 Å². The van der Waals surface area contributed by atoms with Crippen LogP contribution in [0.2, 0.25) is 5.02 Å². The molecule has 1 atom stereocenters. The molecule has 0 bridgehead atoms. The lowest BCUT2D eigenvalue weighted by Gasteiger charge is -2.16. The van der Waals surface area contributed by atoms with Crippen molar-refractivity contribution in [2.45, 2.75) is 25.9 Å². The van der Waals surface area contributed by atoms with Gasteiger partial charge in [-0.1, -0.05) is 18.5 Å². The molecule has 1 heterocycles. The van der Waals surface area contributed by atoms with Crippen LogP contribution in [0.15, 0.2) is 28.9 Å². The molecule has 0 radical (unpaired) electrons. The second kappa shape index (κ2) is 6.03. The number of aryl methyl sites for hydroxylation is 1. The lowest BCUT2D eigenvalue weighted by molar-refractivity contribution is 0.544. The quantitative estimate of drug-likeness (QED) is 0.912. The monoisotopic (exact) mass is 345 g/mol. The van der Waals surface area contributed by atoms with Gasteiger partial charge in [0, 0.05) is 17.1 Å². The fourth-order valence-corrected chi connectivity index (χ4v) is 2.69. The van der Waals surface area contributed by atoms with E-state index in [9.17, 15) is 4.39 Å². The van der Waals surface area contributed by atoms with Crippen LogP contribution in [0.4, 0.5) is 4.39 Å². The van der Waals surface area contributed by atoms with Gasteiger partial charge in [-0.2, -0.15) is 5.10 Å². The van der Waals surface area contributed by atoms with Gasteiger partial charge in [-0.15, -0.1) is 0 Å². The van der Waals surface area contributed by atoms with Gasteiger partial charge < -0.3 is 5.73 Å². The number of halogens is 3. The van der Waals surface area contributed by atoms with E-state index in [1.54, 1.807) is 16.9 Å². The molecule has 0 fully saturated rings. The molecule has 0 spiro atoms. The summed E-state index contributed by atoms with van der Waals surface area (Å²) in [7, 11) is 0. The highest BCUT2D eigenvalue weighted by Gasteiger charge is 2.21. The zero-order valence-corrected chi connectivity index (χ0v) is 12.7. The van der Waals surface area contributed by atoms with E-state index in [1.807, 2.05) is 6.92 Å². The van der Waals surface area contributed by atoms with E-state index in [1.165, 1.54) is 12.1 Å². The van der Waals surface area contributed by atoms with Crippen LogP contribution < -0.4 is 5.73 Å². The highest BCUT2D eigenvalue weighted by Crippen LogP contribution is 2.29. The Balaban J connectivity index is 2.46. The van der Waals surface area contributed by atoms with Crippen molar-refractivity contribution >= 4 is 27.5 Å². The van der Waals surface area contributed by atoms with E-state index in [0.717, 1.165) is 23.1 Å². The van der Waals surface area contributed by atoms with E-state index in [0.29, 0.717) is 10.6 Å². The van der Waals surface area contributed by atoms with Crippen LogP contribution in [0.25, 0.3) is 0 Å². The van der Waals surface area contributed by atoms with Crippen molar-refractivity contribution < 1.29 is 4.39 Å². The standard InChI is InChI=1S/C13H14BrClFN3/c1-2-5-19-13(10(14)7-18-19)12(17)9-6-8(15)3-4-11(9)16/h3-4,6-7,12H,2,5,17H2,1H3. The van der Waals surface area contributed by atoms with E-state index >= 15 is 0 Å². The maximum atomic E-state index is 13.9. The molecule has 0 saturated carbocycles. The Bertz CT molecular complexity index is 585. The summed E-state index contributed by atoms with van der Waals surface area (Å²) in [6.07, 6.45) is 2.60. The Morgan fingerprint density at radius 3 is 2.95 bits per heavy atom. The smallest absolute Gasteiger partial charge is 0.128 e. The Hall–Kier alpha value is -0.910. The molecule has 1 aromatic heterocycles. The van der Waals surface area contributed by atoms with Crippen LogP contribution >= 0.6 is 27.5 Å². The number of nitrogens with zero attached hydrogens (tertiary/aromatic N) is 2. The number of aromatic nitrogens is 2. The number of hydrogen-bond donors (Lipinski definition) is 1. The summed E-state index contributed by atoms with van der Waals surface area (Å²) in [5, 5.41) is 4.70. The Morgan fingerprint density at radius 2 is 2.26 bits per heavy atom. The predicted octanol–water partition coefficient (Wildman–Crippen LogP) is 3.90. The molecular weight excluding hydrogens is 333 g/mol. The first-order chi connectivity index (χ1) is 9.04. The molecule has 0 aliphatic heterocycles. The highest BCUT2D eigenvalue weighted by molar-refractivity contribution is 9.10. The van der Waals surface area contributed by atoms with Crippen LogP contribution in [-0.2, 0) is 6.54 Å².